The van der Waals surface area contributed by atoms with Crippen molar-refractivity contribution in [3.05, 3.63) is 58.0 Å². The van der Waals surface area contributed by atoms with Crippen LogP contribution in [0.25, 0.3) is 5.65 Å². The van der Waals surface area contributed by atoms with E-state index in [-0.39, 0.29) is 5.91 Å². The highest BCUT2D eigenvalue weighted by atomic mass is 35.5. The maximum absolute atomic E-state index is 12.6. The van der Waals surface area contributed by atoms with Crippen molar-refractivity contribution in [2.24, 2.45) is 0 Å². The molecular formula is C16H13Cl2N3O2. The number of pyridine rings is 1. The first-order valence-electron chi connectivity index (χ1n) is 6.78. The second-order valence-electron chi connectivity index (χ2n) is 4.93. The summed E-state index contributed by atoms with van der Waals surface area (Å²) in [6.45, 7) is 1.75. The minimum absolute atomic E-state index is 0.293. The predicted molar refractivity (Wildman–Crippen MR) is 90.9 cm³/mol. The van der Waals surface area contributed by atoms with Gasteiger partial charge >= 0.3 is 0 Å². The zero-order valence-electron chi connectivity index (χ0n) is 12.4. The Morgan fingerprint density at radius 2 is 1.96 bits per heavy atom. The first-order chi connectivity index (χ1) is 11.0. The Morgan fingerprint density at radius 1 is 1.26 bits per heavy atom. The molecule has 0 saturated heterocycles. The Balaban J connectivity index is 1.98. The Morgan fingerprint density at radius 3 is 2.61 bits per heavy atom. The number of carbonyl (C=O) groups is 1. The molecule has 0 aliphatic heterocycles. The minimum Gasteiger partial charge on any atom is -0.497 e. The van der Waals surface area contributed by atoms with Crippen molar-refractivity contribution in [2.75, 3.05) is 12.4 Å². The van der Waals surface area contributed by atoms with Crippen LogP contribution in [-0.4, -0.2) is 22.4 Å². The number of amides is 1. The highest BCUT2D eigenvalue weighted by Gasteiger charge is 2.18. The van der Waals surface area contributed by atoms with Crippen molar-refractivity contribution in [2.45, 2.75) is 6.92 Å². The predicted octanol–water partition coefficient (Wildman–Crippen LogP) is 4.21. The number of rotatable bonds is 3. The molecule has 0 radical (unpaired) electrons. The average molecular weight is 350 g/mol. The molecule has 2 heterocycles. The van der Waals surface area contributed by atoms with E-state index >= 15 is 0 Å². The number of nitrogens with zero attached hydrogens (tertiary/aromatic N) is 2. The fourth-order valence-electron chi connectivity index (χ4n) is 2.32. The van der Waals surface area contributed by atoms with Crippen LogP contribution < -0.4 is 10.1 Å². The Labute approximate surface area is 142 Å². The van der Waals surface area contributed by atoms with E-state index in [0.717, 1.165) is 0 Å². The Bertz CT molecular complexity index is 888. The first-order valence-corrected chi connectivity index (χ1v) is 7.54. The number of fused-ring (bicyclic) bond motifs is 1. The van der Waals surface area contributed by atoms with Crippen LogP contribution in [0.5, 0.6) is 5.75 Å². The second kappa shape index (κ2) is 6.10. The number of methoxy groups -OCH3 is 1. The third kappa shape index (κ3) is 2.98. The molecule has 0 aliphatic rings. The number of halogens is 2. The molecule has 0 spiro atoms. The number of nitrogens with one attached hydrogen (secondary N) is 1. The van der Waals surface area contributed by atoms with Crippen LogP contribution in [0, 0.1) is 6.92 Å². The summed E-state index contributed by atoms with van der Waals surface area (Å²) in [6.07, 6.45) is 1.62. The lowest BCUT2D eigenvalue weighted by atomic mass is 10.2. The number of aromatic nitrogens is 2. The third-order valence-corrected chi connectivity index (χ3v) is 3.86. The summed E-state index contributed by atoms with van der Waals surface area (Å²) in [5.74, 6) is 0.422. The van der Waals surface area contributed by atoms with Gasteiger partial charge in [0.05, 0.1) is 22.8 Å². The smallest absolute Gasteiger partial charge is 0.274 e. The first kappa shape index (κ1) is 15.6. The molecule has 0 aliphatic carbocycles. The minimum atomic E-state index is -0.293. The molecule has 3 aromatic rings. The van der Waals surface area contributed by atoms with Crippen LogP contribution in [0.3, 0.4) is 0 Å². The van der Waals surface area contributed by atoms with E-state index < -0.39 is 0 Å². The quantitative estimate of drug-likeness (QED) is 0.770. The van der Waals surface area contributed by atoms with Gasteiger partial charge in [-0.2, -0.15) is 0 Å². The molecule has 1 amide bonds. The number of benzene rings is 1. The lowest BCUT2D eigenvalue weighted by Crippen LogP contribution is -2.15. The van der Waals surface area contributed by atoms with Gasteiger partial charge in [-0.3, -0.25) is 9.20 Å². The van der Waals surface area contributed by atoms with Crippen molar-refractivity contribution in [3.8, 4) is 5.75 Å². The van der Waals surface area contributed by atoms with E-state index in [1.54, 1.807) is 55.0 Å². The second-order valence-corrected chi connectivity index (χ2v) is 5.77. The van der Waals surface area contributed by atoms with E-state index in [2.05, 4.69) is 10.3 Å². The third-order valence-electron chi connectivity index (χ3n) is 3.38. The van der Waals surface area contributed by atoms with E-state index in [1.165, 1.54) is 0 Å². The maximum atomic E-state index is 12.6. The molecule has 0 bridgehead atoms. The number of imidazole rings is 1. The van der Waals surface area contributed by atoms with Gasteiger partial charge < -0.3 is 10.1 Å². The maximum Gasteiger partial charge on any atom is 0.274 e. The molecule has 0 saturated carbocycles. The van der Waals surface area contributed by atoms with Gasteiger partial charge in [-0.15, -0.1) is 0 Å². The van der Waals surface area contributed by atoms with Gasteiger partial charge in [0, 0.05) is 11.9 Å². The van der Waals surface area contributed by atoms with Gasteiger partial charge in [-0.05, 0) is 37.3 Å². The number of ether oxygens (including phenoxy) is 1. The molecule has 0 atom stereocenters. The van der Waals surface area contributed by atoms with Crippen LogP contribution in [-0.2, 0) is 0 Å². The number of hydrogen-bond donors (Lipinski definition) is 1. The fourth-order valence-corrected chi connectivity index (χ4v) is 2.84. The number of hydrogen-bond acceptors (Lipinski definition) is 3. The van der Waals surface area contributed by atoms with Crippen molar-refractivity contribution in [1.82, 2.24) is 9.38 Å². The number of anilines is 1. The van der Waals surface area contributed by atoms with Crippen molar-refractivity contribution in [1.29, 1.82) is 0 Å². The summed E-state index contributed by atoms with van der Waals surface area (Å²) in [5, 5.41) is 3.65. The van der Waals surface area contributed by atoms with Gasteiger partial charge in [0.2, 0.25) is 0 Å². The van der Waals surface area contributed by atoms with Crippen molar-refractivity contribution in [3.63, 3.8) is 0 Å². The summed E-state index contributed by atoms with van der Waals surface area (Å²) >= 11 is 12.2. The molecule has 118 valence electrons. The van der Waals surface area contributed by atoms with Gasteiger partial charge in [0.25, 0.3) is 5.91 Å². The van der Waals surface area contributed by atoms with Crippen LogP contribution >= 0.6 is 23.2 Å². The van der Waals surface area contributed by atoms with Crippen LogP contribution in [0.4, 0.5) is 5.69 Å². The zero-order valence-corrected chi connectivity index (χ0v) is 13.9. The Hall–Kier alpha value is -2.24. The zero-order chi connectivity index (χ0) is 16.6. The largest absolute Gasteiger partial charge is 0.497 e. The molecule has 23 heavy (non-hydrogen) atoms. The molecule has 0 unspecified atom stereocenters. The molecule has 0 fully saturated rings. The fraction of sp³-hybridized carbons (Fsp3) is 0.125. The molecule has 1 aromatic carbocycles. The lowest BCUT2D eigenvalue weighted by Gasteiger charge is -2.07. The van der Waals surface area contributed by atoms with Crippen molar-refractivity contribution >= 4 is 40.4 Å². The summed E-state index contributed by atoms with van der Waals surface area (Å²) < 4.78 is 6.69. The highest BCUT2D eigenvalue weighted by Crippen LogP contribution is 2.25. The summed E-state index contributed by atoms with van der Waals surface area (Å²) in [7, 11) is 1.59. The average Bonchev–Trinajstić information content (AvgIpc) is 2.84. The molecule has 1 N–H and O–H groups in total. The van der Waals surface area contributed by atoms with Gasteiger partial charge in [-0.1, -0.05) is 23.2 Å². The summed E-state index contributed by atoms with van der Waals surface area (Å²) in [6, 6.07) is 8.65. The molecule has 2 aromatic heterocycles. The van der Waals surface area contributed by atoms with E-state index in [4.69, 9.17) is 27.9 Å². The van der Waals surface area contributed by atoms with Gasteiger partial charge in [0.15, 0.2) is 5.65 Å². The van der Waals surface area contributed by atoms with Gasteiger partial charge in [0.1, 0.15) is 11.4 Å². The molecule has 7 heteroatoms. The standard InChI is InChI=1S/C16H13Cl2N3O2/c1-9-14(21-8-10(17)7-13(18)15(21)19-9)16(22)20-11-3-5-12(23-2)6-4-11/h3-8H,1-2H3,(H,20,22). The summed E-state index contributed by atoms with van der Waals surface area (Å²) in [4.78, 5) is 16.9. The number of carbonyl (C=O) groups excluding carboxylic acids is 1. The SMILES string of the molecule is COc1ccc(NC(=O)c2c(C)nc3c(Cl)cc(Cl)cn23)cc1. The van der Waals surface area contributed by atoms with E-state index in [9.17, 15) is 4.79 Å². The number of aryl methyl sites for hydroxylation is 1. The topological polar surface area (TPSA) is 55.6 Å². The van der Waals surface area contributed by atoms with Crippen LogP contribution in [0.15, 0.2) is 36.5 Å². The van der Waals surface area contributed by atoms with E-state index in [1.807, 2.05) is 0 Å². The monoisotopic (exact) mass is 349 g/mol. The van der Waals surface area contributed by atoms with Crippen LogP contribution in [0.1, 0.15) is 16.2 Å². The summed E-state index contributed by atoms with van der Waals surface area (Å²) in [5.41, 5.74) is 2.10. The molecule has 3 rings (SSSR count). The van der Waals surface area contributed by atoms with E-state index in [0.29, 0.717) is 38.5 Å². The van der Waals surface area contributed by atoms with Crippen LogP contribution in [0.2, 0.25) is 10.0 Å². The highest BCUT2D eigenvalue weighted by molar-refractivity contribution is 6.36. The molecular weight excluding hydrogens is 337 g/mol. The lowest BCUT2D eigenvalue weighted by molar-refractivity contribution is 0.102. The normalized spacial score (nSPS) is 10.8. The Kier molecular flexibility index (Phi) is 4.15. The van der Waals surface area contributed by atoms with Gasteiger partial charge in [-0.25, -0.2) is 4.98 Å². The van der Waals surface area contributed by atoms with Crippen molar-refractivity contribution < 1.29 is 9.53 Å². The molecule has 5 nitrogen and oxygen atoms in total.